The lowest BCUT2D eigenvalue weighted by molar-refractivity contribution is -0.150. The van der Waals surface area contributed by atoms with E-state index >= 15 is 0 Å². The molecular weight excluding hydrogens is 418 g/mol. The van der Waals surface area contributed by atoms with Gasteiger partial charge in [0.2, 0.25) is 5.91 Å². The van der Waals surface area contributed by atoms with E-state index in [2.05, 4.69) is 0 Å². The third kappa shape index (κ3) is 5.61. The number of hydrogen-bond acceptors (Lipinski definition) is 4. The highest BCUT2D eigenvalue weighted by atomic mass is 16.4. The fourth-order valence-corrected chi connectivity index (χ4v) is 5.51. The first-order chi connectivity index (χ1) is 15.9. The second-order valence-corrected chi connectivity index (χ2v) is 9.69. The van der Waals surface area contributed by atoms with Crippen LogP contribution in [0.2, 0.25) is 0 Å². The highest BCUT2D eigenvalue weighted by molar-refractivity contribution is 6.00. The minimum absolute atomic E-state index is 0.00145. The number of likely N-dealkylation sites (tertiary alicyclic amines) is 1. The molecular formula is C27H33NO5. The number of benzene rings is 2. The van der Waals surface area contributed by atoms with Crippen LogP contribution in [-0.4, -0.2) is 51.5 Å². The summed E-state index contributed by atoms with van der Waals surface area (Å²) in [6.45, 7) is 0.0512. The molecule has 33 heavy (non-hydrogen) atoms. The number of β-amino-alcohol motifs (C(OH)–C–C–N with tert-alkyl or cyclic N) is 1. The smallest absolute Gasteiger partial charge is 0.326 e. The zero-order chi connectivity index (χ0) is 23.4. The van der Waals surface area contributed by atoms with Crippen molar-refractivity contribution in [3.63, 3.8) is 0 Å². The average molecular weight is 452 g/mol. The molecule has 2 aliphatic rings. The fraction of sp³-hybridized carbons (Fsp3) is 0.519. The first-order valence-corrected chi connectivity index (χ1v) is 12.2. The Balaban J connectivity index is 1.48. The van der Waals surface area contributed by atoms with Crippen molar-refractivity contribution in [1.29, 1.82) is 0 Å². The third-order valence-corrected chi connectivity index (χ3v) is 7.33. The van der Waals surface area contributed by atoms with Crippen LogP contribution in [0.5, 0.6) is 0 Å². The molecule has 1 aliphatic heterocycles. The number of aliphatic hydroxyl groups is 1. The molecule has 0 spiro atoms. The zero-order valence-corrected chi connectivity index (χ0v) is 19.0. The topological polar surface area (TPSA) is 94.9 Å². The zero-order valence-electron chi connectivity index (χ0n) is 19.0. The summed E-state index contributed by atoms with van der Waals surface area (Å²) in [5, 5.41) is 21.6. The lowest BCUT2D eigenvalue weighted by atomic mass is 9.80. The van der Waals surface area contributed by atoms with Gasteiger partial charge in [-0.05, 0) is 35.6 Å². The number of fused-ring (bicyclic) bond motifs is 1. The van der Waals surface area contributed by atoms with Gasteiger partial charge in [0.1, 0.15) is 6.04 Å². The number of nitrogens with zero attached hydrogens (tertiary/aromatic N) is 1. The van der Waals surface area contributed by atoms with Crippen LogP contribution < -0.4 is 0 Å². The molecule has 1 saturated heterocycles. The summed E-state index contributed by atoms with van der Waals surface area (Å²) < 4.78 is 0. The summed E-state index contributed by atoms with van der Waals surface area (Å²) in [5.41, 5.74) is 0.637. The highest BCUT2D eigenvalue weighted by Crippen LogP contribution is 2.33. The number of rotatable bonds is 8. The van der Waals surface area contributed by atoms with Crippen molar-refractivity contribution in [1.82, 2.24) is 4.90 Å². The van der Waals surface area contributed by atoms with Gasteiger partial charge in [-0.15, -0.1) is 0 Å². The molecule has 2 N–H and O–H groups in total. The first-order valence-electron chi connectivity index (χ1n) is 12.2. The van der Waals surface area contributed by atoms with E-state index in [1.807, 2.05) is 42.5 Å². The number of carbonyl (C=O) groups is 3. The maximum Gasteiger partial charge on any atom is 0.326 e. The fourth-order valence-electron chi connectivity index (χ4n) is 5.51. The molecule has 0 bridgehead atoms. The number of ketones is 1. The average Bonchev–Trinajstić information content (AvgIpc) is 3.23. The van der Waals surface area contributed by atoms with Gasteiger partial charge in [-0.1, -0.05) is 68.5 Å². The maximum atomic E-state index is 13.4. The molecule has 2 aromatic carbocycles. The maximum absolute atomic E-state index is 13.4. The van der Waals surface area contributed by atoms with Crippen molar-refractivity contribution in [2.45, 2.75) is 69.9 Å². The molecule has 1 saturated carbocycles. The monoisotopic (exact) mass is 451 g/mol. The Kier molecular flexibility index (Phi) is 7.43. The van der Waals surface area contributed by atoms with Crippen LogP contribution in [0.25, 0.3) is 10.8 Å². The number of hydrogen-bond donors (Lipinski definition) is 2. The van der Waals surface area contributed by atoms with E-state index < -0.39 is 24.0 Å². The third-order valence-electron chi connectivity index (χ3n) is 7.33. The number of carbonyl (C=O) groups excluding carboxylic acids is 2. The predicted molar refractivity (Wildman–Crippen MR) is 126 cm³/mol. The second kappa shape index (κ2) is 10.5. The van der Waals surface area contributed by atoms with Gasteiger partial charge in [0, 0.05) is 30.9 Å². The molecule has 0 unspecified atom stereocenters. The van der Waals surface area contributed by atoms with Crippen molar-refractivity contribution in [3.05, 3.63) is 48.0 Å². The summed E-state index contributed by atoms with van der Waals surface area (Å²) in [4.78, 5) is 39.4. The number of aliphatic carboxylic acids is 1. The van der Waals surface area contributed by atoms with E-state index in [1.54, 1.807) is 0 Å². The van der Waals surface area contributed by atoms with Crippen LogP contribution >= 0.6 is 0 Å². The van der Waals surface area contributed by atoms with Crippen molar-refractivity contribution < 1.29 is 24.6 Å². The van der Waals surface area contributed by atoms with E-state index in [1.165, 1.54) is 11.3 Å². The van der Waals surface area contributed by atoms with Gasteiger partial charge < -0.3 is 15.1 Å². The van der Waals surface area contributed by atoms with Crippen LogP contribution in [-0.2, 0) is 9.59 Å². The summed E-state index contributed by atoms with van der Waals surface area (Å²) in [7, 11) is 0. The Morgan fingerprint density at radius 3 is 2.45 bits per heavy atom. The second-order valence-electron chi connectivity index (χ2n) is 9.69. The Morgan fingerprint density at radius 1 is 1.00 bits per heavy atom. The normalized spacial score (nSPS) is 22.4. The Bertz CT molecular complexity index is 1010. The quantitative estimate of drug-likeness (QED) is 0.579. The number of Topliss-reactive ketones (excluding diaryl/α,β-unsaturated/α-hetero) is 1. The van der Waals surface area contributed by atoms with Crippen molar-refractivity contribution >= 4 is 28.4 Å². The van der Waals surface area contributed by atoms with E-state index in [-0.39, 0.29) is 31.1 Å². The van der Waals surface area contributed by atoms with E-state index in [4.69, 9.17) is 0 Å². The molecule has 0 radical (unpaired) electrons. The highest BCUT2D eigenvalue weighted by Gasteiger charge is 2.41. The lowest BCUT2D eigenvalue weighted by Gasteiger charge is -2.30. The van der Waals surface area contributed by atoms with E-state index in [9.17, 15) is 24.6 Å². The Hall–Kier alpha value is -2.73. The van der Waals surface area contributed by atoms with Gasteiger partial charge in [0.15, 0.2) is 5.78 Å². The van der Waals surface area contributed by atoms with Crippen molar-refractivity contribution in [3.8, 4) is 0 Å². The largest absolute Gasteiger partial charge is 0.480 e. The standard InChI is InChI=1S/C27H33NO5/c29-23-16-24(27(32)33)28(17-23)26(31)22(14-18-6-2-1-3-7-18)12-13-25(30)21-11-10-19-8-4-5-9-20(19)15-21/h4-5,8-11,15,18,22-24,29H,1-3,6-7,12-14,16-17H2,(H,32,33)/t22-,23-,24+/m1/s1. The van der Waals surface area contributed by atoms with Crippen LogP contribution in [0.4, 0.5) is 0 Å². The van der Waals surface area contributed by atoms with Crippen LogP contribution in [0.15, 0.2) is 42.5 Å². The molecule has 1 aliphatic carbocycles. The number of carboxylic acids is 1. The lowest BCUT2D eigenvalue weighted by Crippen LogP contribution is -2.44. The molecule has 176 valence electrons. The molecule has 3 atom stereocenters. The first kappa shape index (κ1) is 23.4. The number of aliphatic hydroxyl groups excluding tert-OH is 1. The molecule has 2 aromatic rings. The van der Waals surface area contributed by atoms with E-state index in [0.717, 1.165) is 36.5 Å². The van der Waals surface area contributed by atoms with E-state index in [0.29, 0.717) is 24.3 Å². The van der Waals surface area contributed by atoms with Gasteiger partial charge in [-0.25, -0.2) is 4.79 Å². The van der Waals surface area contributed by atoms with Gasteiger partial charge in [0.05, 0.1) is 6.10 Å². The van der Waals surface area contributed by atoms with Gasteiger partial charge in [-0.2, -0.15) is 0 Å². The molecule has 4 rings (SSSR count). The summed E-state index contributed by atoms with van der Waals surface area (Å²) in [5.74, 6) is -1.28. The number of carboxylic acid groups (broad SMARTS) is 1. The van der Waals surface area contributed by atoms with Crippen molar-refractivity contribution in [2.75, 3.05) is 6.54 Å². The van der Waals surface area contributed by atoms with Crippen LogP contribution in [0.3, 0.4) is 0 Å². The molecule has 2 fully saturated rings. The number of amides is 1. The minimum atomic E-state index is -1.08. The molecule has 6 nitrogen and oxygen atoms in total. The van der Waals surface area contributed by atoms with Crippen LogP contribution in [0, 0.1) is 11.8 Å². The van der Waals surface area contributed by atoms with Crippen molar-refractivity contribution in [2.24, 2.45) is 11.8 Å². The predicted octanol–water partition coefficient (Wildman–Crippen LogP) is 4.44. The molecule has 1 heterocycles. The Labute approximate surface area is 194 Å². The summed E-state index contributed by atoms with van der Waals surface area (Å²) >= 11 is 0. The van der Waals surface area contributed by atoms with Gasteiger partial charge >= 0.3 is 5.97 Å². The molecule has 1 amide bonds. The molecule has 6 heteroatoms. The molecule has 0 aromatic heterocycles. The Morgan fingerprint density at radius 2 is 1.73 bits per heavy atom. The summed E-state index contributed by atoms with van der Waals surface area (Å²) in [6, 6.07) is 12.6. The van der Waals surface area contributed by atoms with Gasteiger partial charge in [0.25, 0.3) is 0 Å². The van der Waals surface area contributed by atoms with Crippen LogP contribution in [0.1, 0.15) is 68.1 Å². The summed E-state index contributed by atoms with van der Waals surface area (Å²) in [6.07, 6.45) is 6.26. The van der Waals surface area contributed by atoms with Gasteiger partial charge in [-0.3, -0.25) is 9.59 Å². The minimum Gasteiger partial charge on any atom is -0.480 e. The SMILES string of the molecule is O=C(CC[C@H](CC1CCCCC1)C(=O)N1C[C@H](O)C[C@H]1C(=O)O)c1ccc2ccccc2c1.